The molecule has 0 aliphatic heterocycles. The largest absolute Gasteiger partial charge is 0.352 e. The van der Waals surface area contributed by atoms with E-state index >= 15 is 0 Å². The number of halogens is 2. The average Bonchev–Trinajstić information content (AvgIpc) is 3.43. The van der Waals surface area contributed by atoms with Gasteiger partial charge in [-0.3, -0.25) is 13.9 Å². The van der Waals surface area contributed by atoms with Gasteiger partial charge in [-0.25, -0.2) is 12.8 Å². The van der Waals surface area contributed by atoms with Crippen LogP contribution in [0.15, 0.2) is 72.8 Å². The fraction of sp³-hybridized carbons (Fsp3) is 0.355. The van der Waals surface area contributed by atoms with Gasteiger partial charge < -0.3 is 10.2 Å². The summed E-state index contributed by atoms with van der Waals surface area (Å²) in [6.07, 6.45) is 4.92. The zero-order chi connectivity index (χ0) is 29.6. The maximum atomic E-state index is 14.9. The Bertz CT molecular complexity index is 1480. The molecule has 10 heteroatoms. The molecule has 0 heterocycles. The fourth-order valence-corrected chi connectivity index (χ4v) is 6.36. The summed E-state index contributed by atoms with van der Waals surface area (Å²) < 4.78 is 41.8. The molecule has 3 aromatic carbocycles. The number of sulfonamides is 1. The number of carbonyl (C=O) groups is 2. The van der Waals surface area contributed by atoms with Crippen molar-refractivity contribution in [1.29, 1.82) is 0 Å². The summed E-state index contributed by atoms with van der Waals surface area (Å²) in [6.45, 7) is 0.921. The maximum Gasteiger partial charge on any atom is 0.244 e. The first-order chi connectivity index (χ1) is 19.5. The molecule has 218 valence electrons. The quantitative estimate of drug-likeness (QED) is 0.326. The van der Waals surface area contributed by atoms with Gasteiger partial charge in [-0.2, -0.15) is 0 Å². The van der Waals surface area contributed by atoms with E-state index in [1.165, 1.54) is 11.0 Å². The predicted molar refractivity (Wildman–Crippen MR) is 160 cm³/mol. The molecule has 0 bridgehead atoms. The van der Waals surface area contributed by atoms with Gasteiger partial charge >= 0.3 is 0 Å². The smallest absolute Gasteiger partial charge is 0.244 e. The Morgan fingerprint density at radius 2 is 1.68 bits per heavy atom. The van der Waals surface area contributed by atoms with Crippen LogP contribution in [0.3, 0.4) is 0 Å². The highest BCUT2D eigenvalue weighted by Crippen LogP contribution is 2.27. The first kappa shape index (κ1) is 30.5. The third-order valence-electron chi connectivity index (χ3n) is 7.38. The minimum Gasteiger partial charge on any atom is -0.352 e. The lowest BCUT2D eigenvalue weighted by Gasteiger charge is -2.34. The van der Waals surface area contributed by atoms with Crippen molar-refractivity contribution in [3.63, 3.8) is 0 Å². The molecule has 1 N–H and O–H groups in total. The molecule has 1 aliphatic rings. The maximum absolute atomic E-state index is 14.9. The van der Waals surface area contributed by atoms with Crippen molar-refractivity contribution < 1.29 is 22.4 Å². The minimum absolute atomic E-state index is 0.00424. The number of aryl methyl sites for hydroxylation is 1. The molecular formula is C31H35ClFN3O4S. The lowest BCUT2D eigenvalue weighted by Crippen LogP contribution is -2.54. The SMILES string of the molecule is Cc1cc(Cl)ccc1N(CC(=O)N(Cc1ccccc1F)C(Cc1ccccc1)C(=O)NC1CCCC1)S(C)(=O)=O. The molecule has 41 heavy (non-hydrogen) atoms. The van der Waals surface area contributed by atoms with Crippen LogP contribution < -0.4 is 9.62 Å². The van der Waals surface area contributed by atoms with Gasteiger partial charge in [-0.1, -0.05) is 73.0 Å². The number of hydrogen-bond acceptors (Lipinski definition) is 4. The lowest BCUT2D eigenvalue weighted by molar-refractivity contribution is -0.140. The number of nitrogens with zero attached hydrogens (tertiary/aromatic N) is 2. The van der Waals surface area contributed by atoms with E-state index in [0.29, 0.717) is 16.3 Å². The monoisotopic (exact) mass is 599 g/mol. The number of benzene rings is 3. The second-order valence-corrected chi connectivity index (χ2v) is 12.9. The Hall–Kier alpha value is -3.43. The van der Waals surface area contributed by atoms with Crippen molar-refractivity contribution in [3.8, 4) is 0 Å². The molecule has 3 aromatic rings. The van der Waals surface area contributed by atoms with Crippen molar-refractivity contribution in [2.75, 3.05) is 17.1 Å². The fourth-order valence-electron chi connectivity index (χ4n) is 5.23. The van der Waals surface area contributed by atoms with Gasteiger partial charge in [0.15, 0.2) is 0 Å². The third-order valence-corrected chi connectivity index (χ3v) is 8.74. The standard InChI is InChI=1S/C31H35ClFN3O4S/c1-22-18-25(32)16-17-28(22)36(41(2,39)40)21-30(37)35(20-24-12-6-9-15-27(24)33)29(19-23-10-4-3-5-11-23)31(38)34-26-13-7-8-14-26/h3-6,9-12,15-18,26,29H,7-8,13-14,19-21H2,1-2H3,(H,34,38). The molecule has 7 nitrogen and oxygen atoms in total. The number of carbonyl (C=O) groups excluding carboxylic acids is 2. The second kappa shape index (κ2) is 13.5. The number of anilines is 1. The zero-order valence-electron chi connectivity index (χ0n) is 23.2. The summed E-state index contributed by atoms with van der Waals surface area (Å²) in [7, 11) is -3.92. The molecular weight excluding hydrogens is 565 g/mol. The van der Waals surface area contributed by atoms with Crippen LogP contribution in [-0.4, -0.2) is 50.0 Å². The molecule has 2 amide bonds. The van der Waals surface area contributed by atoms with E-state index in [0.717, 1.165) is 41.8 Å². The van der Waals surface area contributed by atoms with Crippen molar-refractivity contribution in [3.05, 3.63) is 100 Å². The highest BCUT2D eigenvalue weighted by atomic mass is 35.5. The Kier molecular flexibility index (Phi) is 10.0. The van der Waals surface area contributed by atoms with Gasteiger partial charge in [0.2, 0.25) is 21.8 Å². The van der Waals surface area contributed by atoms with E-state index in [1.54, 1.807) is 43.3 Å². The van der Waals surface area contributed by atoms with Gasteiger partial charge in [0.05, 0.1) is 11.9 Å². The van der Waals surface area contributed by atoms with Crippen LogP contribution in [-0.2, 0) is 32.6 Å². The first-order valence-electron chi connectivity index (χ1n) is 13.6. The van der Waals surface area contributed by atoms with Gasteiger partial charge in [-0.05, 0) is 55.2 Å². The highest BCUT2D eigenvalue weighted by Gasteiger charge is 2.34. The number of amides is 2. The molecule has 1 saturated carbocycles. The van der Waals surface area contributed by atoms with E-state index in [-0.39, 0.29) is 30.5 Å². The van der Waals surface area contributed by atoms with Crippen LogP contribution in [0.5, 0.6) is 0 Å². The topological polar surface area (TPSA) is 86.8 Å². The molecule has 1 unspecified atom stereocenters. The zero-order valence-corrected chi connectivity index (χ0v) is 24.8. The summed E-state index contributed by atoms with van der Waals surface area (Å²) in [5.41, 5.74) is 1.90. The number of rotatable bonds is 11. The normalized spacial score (nSPS) is 14.4. The summed E-state index contributed by atoms with van der Waals surface area (Å²) in [6, 6.07) is 19.0. The Morgan fingerprint density at radius 3 is 2.32 bits per heavy atom. The van der Waals surface area contributed by atoms with Gasteiger partial charge in [0.25, 0.3) is 0 Å². The Morgan fingerprint density at radius 1 is 1.02 bits per heavy atom. The highest BCUT2D eigenvalue weighted by molar-refractivity contribution is 7.92. The van der Waals surface area contributed by atoms with Crippen LogP contribution in [0.2, 0.25) is 5.02 Å². The van der Waals surface area contributed by atoms with Crippen LogP contribution in [0.25, 0.3) is 0 Å². The molecule has 4 rings (SSSR count). The molecule has 1 atom stereocenters. The lowest BCUT2D eigenvalue weighted by atomic mass is 10.0. The van der Waals surface area contributed by atoms with Crippen molar-refractivity contribution in [2.45, 2.75) is 57.7 Å². The molecule has 0 radical (unpaired) electrons. The Labute approximate surface area is 246 Å². The third kappa shape index (κ3) is 8.07. The van der Waals surface area contributed by atoms with Crippen molar-refractivity contribution in [1.82, 2.24) is 10.2 Å². The minimum atomic E-state index is -3.92. The van der Waals surface area contributed by atoms with E-state index in [9.17, 15) is 22.4 Å². The molecule has 0 aromatic heterocycles. The number of hydrogen-bond donors (Lipinski definition) is 1. The van der Waals surface area contributed by atoms with Crippen LogP contribution in [0.1, 0.15) is 42.4 Å². The van der Waals surface area contributed by atoms with Gasteiger partial charge in [0, 0.05) is 29.6 Å². The van der Waals surface area contributed by atoms with Crippen molar-refractivity contribution >= 4 is 39.1 Å². The summed E-state index contributed by atoms with van der Waals surface area (Å²) in [5, 5.41) is 3.52. The molecule has 1 aliphatic carbocycles. The molecule has 0 spiro atoms. The Balaban J connectivity index is 1.75. The second-order valence-electron chi connectivity index (χ2n) is 10.5. The van der Waals surface area contributed by atoms with E-state index in [2.05, 4.69) is 5.32 Å². The average molecular weight is 600 g/mol. The summed E-state index contributed by atoms with van der Waals surface area (Å²) in [4.78, 5) is 29.3. The van der Waals surface area contributed by atoms with E-state index in [4.69, 9.17) is 11.6 Å². The summed E-state index contributed by atoms with van der Waals surface area (Å²) in [5.74, 6) is -1.50. The summed E-state index contributed by atoms with van der Waals surface area (Å²) >= 11 is 6.10. The van der Waals surface area contributed by atoms with Gasteiger partial charge in [0.1, 0.15) is 18.4 Å². The van der Waals surface area contributed by atoms with Crippen LogP contribution >= 0.6 is 11.6 Å². The van der Waals surface area contributed by atoms with Gasteiger partial charge in [-0.15, -0.1) is 0 Å². The van der Waals surface area contributed by atoms with Crippen LogP contribution in [0.4, 0.5) is 10.1 Å². The molecule has 0 saturated heterocycles. The predicted octanol–water partition coefficient (Wildman–Crippen LogP) is 5.25. The first-order valence-corrected chi connectivity index (χ1v) is 15.9. The van der Waals surface area contributed by atoms with E-state index < -0.39 is 34.3 Å². The van der Waals surface area contributed by atoms with Crippen molar-refractivity contribution in [2.24, 2.45) is 0 Å². The number of nitrogens with one attached hydrogen (secondary N) is 1. The van der Waals surface area contributed by atoms with Crippen LogP contribution in [0, 0.1) is 12.7 Å². The molecule has 1 fully saturated rings. The van der Waals surface area contributed by atoms with E-state index in [1.807, 2.05) is 30.3 Å².